The Morgan fingerprint density at radius 3 is 2.76 bits per heavy atom. The molecule has 2 rings (SSSR count). The highest BCUT2D eigenvalue weighted by Gasteiger charge is 2.18. The van der Waals surface area contributed by atoms with E-state index in [1.807, 2.05) is 26.0 Å². The van der Waals surface area contributed by atoms with Gasteiger partial charge in [0, 0.05) is 35.2 Å². The van der Waals surface area contributed by atoms with Crippen molar-refractivity contribution in [3.8, 4) is 0 Å². The van der Waals surface area contributed by atoms with E-state index < -0.39 is 10.0 Å². The van der Waals surface area contributed by atoms with Gasteiger partial charge in [0.1, 0.15) is 4.90 Å². The van der Waals surface area contributed by atoms with Crippen molar-refractivity contribution in [2.24, 2.45) is 0 Å². The van der Waals surface area contributed by atoms with Crippen LogP contribution in [0.4, 0.5) is 5.69 Å². The second-order valence-electron chi connectivity index (χ2n) is 4.64. The molecule has 5 nitrogen and oxygen atoms in total. The summed E-state index contributed by atoms with van der Waals surface area (Å²) < 4.78 is 27.4. The summed E-state index contributed by atoms with van der Waals surface area (Å²) in [6.45, 7) is 5.04. The molecule has 0 saturated carbocycles. The van der Waals surface area contributed by atoms with E-state index in [1.54, 1.807) is 23.6 Å². The molecule has 0 spiro atoms. The van der Waals surface area contributed by atoms with Gasteiger partial charge in [-0.2, -0.15) is 0 Å². The zero-order valence-corrected chi connectivity index (χ0v) is 13.7. The van der Waals surface area contributed by atoms with Gasteiger partial charge < -0.3 is 5.32 Å². The number of rotatable bonds is 7. The van der Waals surface area contributed by atoms with E-state index >= 15 is 0 Å². The molecule has 21 heavy (non-hydrogen) atoms. The smallest absolute Gasteiger partial charge is 0.244 e. The Balaban J connectivity index is 2.15. The third-order valence-electron chi connectivity index (χ3n) is 2.87. The fourth-order valence-corrected chi connectivity index (χ4v) is 3.88. The van der Waals surface area contributed by atoms with Crippen LogP contribution in [-0.4, -0.2) is 19.9 Å². The van der Waals surface area contributed by atoms with E-state index in [-0.39, 0.29) is 4.90 Å². The van der Waals surface area contributed by atoms with Crippen molar-refractivity contribution in [1.29, 1.82) is 0 Å². The van der Waals surface area contributed by atoms with Gasteiger partial charge in [0.05, 0.1) is 5.69 Å². The Morgan fingerprint density at radius 1 is 1.29 bits per heavy atom. The number of aryl methyl sites for hydroxylation is 1. The molecular weight excluding hydrogens is 306 g/mol. The third kappa shape index (κ3) is 4.26. The van der Waals surface area contributed by atoms with Crippen LogP contribution in [0.2, 0.25) is 0 Å². The number of nitrogens with one attached hydrogen (secondary N) is 2. The largest absolute Gasteiger partial charge is 0.384 e. The molecule has 0 unspecified atom stereocenters. The number of nitrogens with zero attached hydrogens (tertiary/aromatic N) is 1. The fraction of sp³-hybridized carbons (Fsp3) is 0.357. The average molecular weight is 325 g/mol. The van der Waals surface area contributed by atoms with Gasteiger partial charge in [0.25, 0.3) is 0 Å². The molecule has 0 fully saturated rings. The number of pyridine rings is 1. The van der Waals surface area contributed by atoms with Crippen LogP contribution in [0.3, 0.4) is 0 Å². The van der Waals surface area contributed by atoms with Crippen molar-refractivity contribution < 1.29 is 8.42 Å². The van der Waals surface area contributed by atoms with Gasteiger partial charge in [0.2, 0.25) is 10.0 Å². The third-order valence-corrected chi connectivity index (χ3v) is 5.30. The van der Waals surface area contributed by atoms with E-state index in [2.05, 4.69) is 15.0 Å². The molecule has 2 aromatic heterocycles. The normalized spacial score (nSPS) is 11.5. The molecule has 114 valence electrons. The Kier molecular flexibility index (Phi) is 5.33. The summed E-state index contributed by atoms with van der Waals surface area (Å²) in [6.07, 6.45) is 3.88. The first-order valence-electron chi connectivity index (χ1n) is 6.76. The monoisotopic (exact) mass is 325 g/mol. The fourth-order valence-electron chi connectivity index (χ4n) is 1.82. The van der Waals surface area contributed by atoms with E-state index in [4.69, 9.17) is 0 Å². The molecular formula is C14H19N3O2S2. The standard InChI is InChI=1S/C14H19N3O2S2/c1-3-7-16-13-6-8-15-10-14(13)21(18,19)17-9-12-5-4-11(2)20-12/h4-6,8,10,17H,3,7,9H2,1-2H3,(H,15,16). The highest BCUT2D eigenvalue weighted by Crippen LogP contribution is 2.21. The first-order valence-corrected chi connectivity index (χ1v) is 9.06. The van der Waals surface area contributed by atoms with Crippen molar-refractivity contribution in [2.75, 3.05) is 11.9 Å². The molecule has 0 aliphatic carbocycles. The van der Waals surface area contributed by atoms with Crippen molar-refractivity contribution in [3.63, 3.8) is 0 Å². The van der Waals surface area contributed by atoms with Gasteiger partial charge in [-0.25, -0.2) is 13.1 Å². The number of thiophene rings is 1. The van der Waals surface area contributed by atoms with Crippen molar-refractivity contribution >= 4 is 27.0 Å². The van der Waals surface area contributed by atoms with Gasteiger partial charge in [-0.15, -0.1) is 11.3 Å². The molecule has 0 bridgehead atoms. The molecule has 0 aliphatic heterocycles. The van der Waals surface area contributed by atoms with Crippen LogP contribution in [0.1, 0.15) is 23.1 Å². The number of hydrogen-bond acceptors (Lipinski definition) is 5. The summed E-state index contributed by atoms with van der Waals surface area (Å²) in [5.41, 5.74) is 0.585. The first-order chi connectivity index (χ1) is 10.0. The van der Waals surface area contributed by atoms with Gasteiger partial charge >= 0.3 is 0 Å². The van der Waals surface area contributed by atoms with E-state index in [0.29, 0.717) is 12.2 Å². The highest BCUT2D eigenvalue weighted by atomic mass is 32.2. The first kappa shape index (κ1) is 15.9. The minimum absolute atomic E-state index is 0.187. The van der Waals surface area contributed by atoms with Crippen molar-refractivity contribution in [1.82, 2.24) is 9.71 Å². The van der Waals surface area contributed by atoms with Gasteiger partial charge in [0.15, 0.2) is 0 Å². The number of anilines is 1. The lowest BCUT2D eigenvalue weighted by molar-refractivity contribution is 0.581. The van der Waals surface area contributed by atoms with Gasteiger partial charge in [-0.3, -0.25) is 4.98 Å². The van der Waals surface area contributed by atoms with Crippen LogP contribution in [0.25, 0.3) is 0 Å². The molecule has 7 heteroatoms. The van der Waals surface area contributed by atoms with Crippen LogP contribution in [0.15, 0.2) is 35.5 Å². The SMILES string of the molecule is CCCNc1ccncc1S(=O)(=O)NCc1ccc(C)s1. The van der Waals surface area contributed by atoms with Crippen LogP contribution >= 0.6 is 11.3 Å². The summed E-state index contributed by atoms with van der Waals surface area (Å²) in [7, 11) is -3.58. The minimum Gasteiger partial charge on any atom is -0.384 e. The number of hydrogen-bond donors (Lipinski definition) is 2. The maximum atomic E-state index is 12.4. The Morgan fingerprint density at radius 2 is 2.10 bits per heavy atom. The number of aromatic nitrogens is 1. The maximum absolute atomic E-state index is 12.4. The summed E-state index contributed by atoms with van der Waals surface area (Å²) in [6, 6.07) is 5.59. The second kappa shape index (κ2) is 7.02. The number of sulfonamides is 1. The lowest BCUT2D eigenvalue weighted by Gasteiger charge is -2.11. The van der Waals surface area contributed by atoms with Crippen LogP contribution in [0, 0.1) is 6.92 Å². The predicted octanol–water partition coefficient (Wildman–Crippen LogP) is 2.75. The molecule has 0 saturated heterocycles. The summed E-state index contributed by atoms with van der Waals surface area (Å²) in [5, 5.41) is 3.11. The zero-order chi connectivity index (χ0) is 15.3. The second-order valence-corrected chi connectivity index (χ2v) is 7.74. The van der Waals surface area contributed by atoms with Crippen molar-refractivity contribution in [2.45, 2.75) is 31.7 Å². The minimum atomic E-state index is -3.58. The van der Waals surface area contributed by atoms with E-state index in [1.165, 1.54) is 6.20 Å². The Hall–Kier alpha value is -1.44. The highest BCUT2D eigenvalue weighted by molar-refractivity contribution is 7.89. The van der Waals surface area contributed by atoms with E-state index in [9.17, 15) is 8.42 Å². The summed E-state index contributed by atoms with van der Waals surface area (Å²) >= 11 is 1.58. The van der Waals surface area contributed by atoms with Crippen LogP contribution in [-0.2, 0) is 16.6 Å². The molecule has 2 aromatic rings. The zero-order valence-electron chi connectivity index (χ0n) is 12.1. The van der Waals surface area contributed by atoms with E-state index in [0.717, 1.165) is 22.7 Å². The average Bonchev–Trinajstić information content (AvgIpc) is 2.89. The lowest BCUT2D eigenvalue weighted by Crippen LogP contribution is -2.24. The van der Waals surface area contributed by atoms with Crippen LogP contribution < -0.4 is 10.0 Å². The van der Waals surface area contributed by atoms with Crippen LogP contribution in [0.5, 0.6) is 0 Å². The molecule has 2 heterocycles. The van der Waals surface area contributed by atoms with Gasteiger partial charge in [-0.05, 0) is 31.5 Å². The summed E-state index contributed by atoms with van der Waals surface area (Å²) in [4.78, 5) is 6.26. The lowest BCUT2D eigenvalue weighted by atomic mass is 10.4. The molecule has 0 aromatic carbocycles. The summed E-state index contributed by atoms with van der Waals surface area (Å²) in [5.74, 6) is 0. The molecule has 0 atom stereocenters. The molecule has 0 radical (unpaired) electrons. The maximum Gasteiger partial charge on any atom is 0.244 e. The molecule has 2 N–H and O–H groups in total. The predicted molar refractivity (Wildman–Crippen MR) is 86.1 cm³/mol. The Labute approximate surface area is 129 Å². The molecule has 0 aliphatic rings. The van der Waals surface area contributed by atoms with Crippen molar-refractivity contribution in [3.05, 3.63) is 40.3 Å². The quantitative estimate of drug-likeness (QED) is 0.821. The topological polar surface area (TPSA) is 71.1 Å². The molecule has 0 amide bonds. The Bertz CT molecular complexity index is 696. The van der Waals surface area contributed by atoms with Gasteiger partial charge in [-0.1, -0.05) is 6.92 Å².